The number of nitrogens with zero attached hydrogens (tertiary/aromatic N) is 2. The maximum absolute atomic E-state index is 10.5. The molecule has 2 atom stereocenters. The average Bonchev–Trinajstić information content (AvgIpc) is 2.82. The highest BCUT2D eigenvalue weighted by atomic mass is 16.5. The molecule has 0 saturated carbocycles. The minimum atomic E-state index is -0.529. The SMILES string of the molecule is CCc1cc(C)cc(OC[C@H](O)CN2CCN(C[C@@H](O)COc3cc(C)cc(CC)c3)CC2)c1. The third kappa shape index (κ3) is 8.58. The van der Waals surface area contributed by atoms with Crippen molar-refractivity contribution in [2.45, 2.75) is 52.7 Å². The van der Waals surface area contributed by atoms with E-state index in [0.29, 0.717) is 26.3 Å². The zero-order valence-corrected chi connectivity index (χ0v) is 21.3. The summed E-state index contributed by atoms with van der Waals surface area (Å²) >= 11 is 0. The van der Waals surface area contributed by atoms with Gasteiger partial charge in [-0.1, -0.05) is 26.0 Å². The molecule has 1 aliphatic rings. The van der Waals surface area contributed by atoms with Crippen LogP contribution in [-0.4, -0.2) is 84.7 Å². The molecule has 1 saturated heterocycles. The molecule has 6 heteroatoms. The normalized spacial score (nSPS) is 16.9. The number of rotatable bonds is 12. The van der Waals surface area contributed by atoms with Gasteiger partial charge in [0.2, 0.25) is 0 Å². The van der Waals surface area contributed by atoms with Gasteiger partial charge in [-0.05, 0) is 73.2 Å². The second kappa shape index (κ2) is 13.1. The number of benzene rings is 2. The summed E-state index contributed by atoms with van der Waals surface area (Å²) in [4.78, 5) is 4.53. The molecule has 0 aromatic heterocycles. The summed E-state index contributed by atoms with van der Waals surface area (Å²) in [6, 6.07) is 12.5. The number of hydrogen-bond acceptors (Lipinski definition) is 6. The highest BCUT2D eigenvalue weighted by Crippen LogP contribution is 2.19. The van der Waals surface area contributed by atoms with Crippen LogP contribution in [0, 0.1) is 13.8 Å². The molecule has 1 fully saturated rings. The number of aryl methyl sites for hydroxylation is 4. The first-order valence-corrected chi connectivity index (χ1v) is 12.6. The second-order valence-electron chi connectivity index (χ2n) is 9.55. The molecule has 0 spiro atoms. The molecular weight excluding hydrogens is 428 g/mol. The Kier molecular flexibility index (Phi) is 10.2. The van der Waals surface area contributed by atoms with Gasteiger partial charge in [0.05, 0.1) is 0 Å². The van der Waals surface area contributed by atoms with E-state index in [1.165, 1.54) is 22.3 Å². The zero-order valence-electron chi connectivity index (χ0n) is 21.3. The highest BCUT2D eigenvalue weighted by molar-refractivity contribution is 5.34. The van der Waals surface area contributed by atoms with Crippen LogP contribution < -0.4 is 9.47 Å². The van der Waals surface area contributed by atoms with Crippen molar-refractivity contribution >= 4 is 0 Å². The minimum Gasteiger partial charge on any atom is -0.491 e. The molecule has 0 amide bonds. The van der Waals surface area contributed by atoms with Crippen LogP contribution in [0.2, 0.25) is 0 Å². The van der Waals surface area contributed by atoms with Crippen molar-refractivity contribution < 1.29 is 19.7 Å². The Morgan fingerprint density at radius 3 is 1.41 bits per heavy atom. The predicted molar refractivity (Wildman–Crippen MR) is 137 cm³/mol. The van der Waals surface area contributed by atoms with Gasteiger partial charge in [-0.25, -0.2) is 0 Å². The van der Waals surface area contributed by atoms with Gasteiger partial charge in [0.15, 0.2) is 0 Å². The molecular formula is C28H42N2O4. The van der Waals surface area contributed by atoms with Crippen molar-refractivity contribution in [3.63, 3.8) is 0 Å². The Morgan fingerprint density at radius 1 is 0.676 bits per heavy atom. The van der Waals surface area contributed by atoms with Crippen LogP contribution in [0.5, 0.6) is 11.5 Å². The molecule has 34 heavy (non-hydrogen) atoms. The molecule has 2 aromatic carbocycles. The van der Waals surface area contributed by atoms with Crippen molar-refractivity contribution in [2.75, 3.05) is 52.5 Å². The summed E-state index contributed by atoms with van der Waals surface area (Å²) in [6.07, 6.45) is 0.881. The smallest absolute Gasteiger partial charge is 0.119 e. The van der Waals surface area contributed by atoms with Crippen molar-refractivity contribution in [1.29, 1.82) is 0 Å². The van der Waals surface area contributed by atoms with E-state index in [9.17, 15) is 10.2 Å². The summed E-state index contributed by atoms with van der Waals surface area (Å²) < 4.78 is 11.7. The van der Waals surface area contributed by atoms with E-state index in [0.717, 1.165) is 50.5 Å². The van der Waals surface area contributed by atoms with E-state index in [4.69, 9.17) is 9.47 Å². The lowest BCUT2D eigenvalue weighted by Gasteiger charge is -2.36. The molecule has 0 radical (unpaired) electrons. The fourth-order valence-corrected chi connectivity index (χ4v) is 4.46. The predicted octanol–water partition coefficient (Wildman–Crippen LogP) is 3.23. The lowest BCUT2D eigenvalue weighted by atomic mass is 10.1. The molecule has 3 rings (SSSR count). The summed E-state index contributed by atoms with van der Waals surface area (Å²) in [7, 11) is 0. The van der Waals surface area contributed by atoms with E-state index in [-0.39, 0.29) is 0 Å². The largest absolute Gasteiger partial charge is 0.491 e. The van der Waals surface area contributed by atoms with Gasteiger partial charge >= 0.3 is 0 Å². The van der Waals surface area contributed by atoms with Crippen molar-refractivity contribution in [1.82, 2.24) is 9.80 Å². The average molecular weight is 471 g/mol. The van der Waals surface area contributed by atoms with Crippen LogP contribution in [0.15, 0.2) is 36.4 Å². The molecule has 0 aliphatic carbocycles. The van der Waals surface area contributed by atoms with E-state index in [2.05, 4.69) is 61.8 Å². The Labute approximate surface area is 205 Å². The third-order valence-electron chi connectivity index (χ3n) is 6.33. The number of aliphatic hydroxyl groups is 2. The summed E-state index contributed by atoms with van der Waals surface area (Å²) in [6.45, 7) is 13.6. The van der Waals surface area contributed by atoms with Gasteiger partial charge in [0, 0.05) is 39.3 Å². The van der Waals surface area contributed by atoms with Crippen LogP contribution in [-0.2, 0) is 12.8 Å². The van der Waals surface area contributed by atoms with Gasteiger partial charge in [-0.3, -0.25) is 9.80 Å². The number of piperazine rings is 1. The maximum Gasteiger partial charge on any atom is 0.119 e. The second-order valence-corrected chi connectivity index (χ2v) is 9.55. The fourth-order valence-electron chi connectivity index (χ4n) is 4.46. The summed E-state index contributed by atoms with van der Waals surface area (Å²) in [5.74, 6) is 1.65. The van der Waals surface area contributed by atoms with Crippen molar-refractivity contribution in [2.24, 2.45) is 0 Å². The molecule has 6 nitrogen and oxygen atoms in total. The molecule has 1 aliphatic heterocycles. The number of aliphatic hydroxyl groups excluding tert-OH is 2. The van der Waals surface area contributed by atoms with Crippen LogP contribution in [0.25, 0.3) is 0 Å². The van der Waals surface area contributed by atoms with Crippen LogP contribution in [0.4, 0.5) is 0 Å². The minimum absolute atomic E-state index is 0.293. The quantitative estimate of drug-likeness (QED) is 0.497. The third-order valence-corrected chi connectivity index (χ3v) is 6.33. The van der Waals surface area contributed by atoms with Gasteiger partial charge in [-0.2, -0.15) is 0 Å². The number of hydrogen-bond donors (Lipinski definition) is 2. The van der Waals surface area contributed by atoms with Gasteiger partial charge in [0.25, 0.3) is 0 Å². The van der Waals surface area contributed by atoms with E-state index < -0.39 is 12.2 Å². The van der Waals surface area contributed by atoms with Gasteiger partial charge in [-0.15, -0.1) is 0 Å². The lowest BCUT2D eigenvalue weighted by molar-refractivity contribution is 0.0240. The first-order chi connectivity index (χ1) is 16.3. The Bertz CT molecular complexity index is 822. The highest BCUT2D eigenvalue weighted by Gasteiger charge is 2.21. The molecule has 188 valence electrons. The number of β-amino-alcohol motifs (C(OH)–C–C–N with tert-alkyl or cyclic N) is 2. The molecule has 1 heterocycles. The summed E-state index contributed by atoms with van der Waals surface area (Å²) in [5, 5.41) is 20.9. The first kappa shape index (κ1) is 26.5. The summed E-state index contributed by atoms with van der Waals surface area (Å²) in [5.41, 5.74) is 4.85. The van der Waals surface area contributed by atoms with Crippen molar-refractivity contribution in [3.8, 4) is 11.5 Å². The van der Waals surface area contributed by atoms with Crippen LogP contribution >= 0.6 is 0 Å². The van der Waals surface area contributed by atoms with Crippen molar-refractivity contribution in [3.05, 3.63) is 58.7 Å². The molecule has 0 bridgehead atoms. The Morgan fingerprint density at radius 2 is 1.06 bits per heavy atom. The monoisotopic (exact) mass is 470 g/mol. The van der Waals surface area contributed by atoms with Crippen LogP contribution in [0.3, 0.4) is 0 Å². The van der Waals surface area contributed by atoms with E-state index in [1.54, 1.807) is 0 Å². The standard InChI is InChI=1S/C28H42N2O4/c1-5-23-11-21(3)13-27(15-23)33-19-25(31)17-29-7-9-30(10-8-29)18-26(32)20-34-28-14-22(4)12-24(6-2)16-28/h11-16,25-26,31-32H,5-10,17-20H2,1-4H3/t25-,26-/m1/s1. The van der Waals surface area contributed by atoms with E-state index >= 15 is 0 Å². The first-order valence-electron chi connectivity index (χ1n) is 12.6. The van der Waals surface area contributed by atoms with Gasteiger partial charge < -0.3 is 19.7 Å². The fraction of sp³-hybridized carbons (Fsp3) is 0.571. The topological polar surface area (TPSA) is 65.4 Å². The Balaban J connectivity index is 1.34. The van der Waals surface area contributed by atoms with Crippen LogP contribution in [0.1, 0.15) is 36.1 Å². The Hall–Kier alpha value is -2.12. The van der Waals surface area contributed by atoms with E-state index in [1.807, 2.05) is 12.1 Å². The molecule has 2 N–H and O–H groups in total. The molecule has 2 aromatic rings. The number of ether oxygens (including phenoxy) is 2. The molecule has 0 unspecified atom stereocenters. The zero-order chi connectivity index (χ0) is 24.5. The lowest BCUT2D eigenvalue weighted by Crippen LogP contribution is -2.51. The maximum atomic E-state index is 10.5. The van der Waals surface area contributed by atoms with Gasteiger partial charge in [0.1, 0.15) is 36.9 Å².